The molecule has 2 saturated heterocycles. The molecule has 70 heavy (non-hydrogen) atoms. The lowest BCUT2D eigenvalue weighted by Gasteiger charge is -2.48. The van der Waals surface area contributed by atoms with Gasteiger partial charge in [0, 0.05) is 26.4 Å². The molecule has 0 aromatic carbocycles. The summed E-state index contributed by atoms with van der Waals surface area (Å²) in [4.78, 5) is 99.4. The third-order valence-electron chi connectivity index (χ3n) is 20.7. The van der Waals surface area contributed by atoms with Crippen molar-refractivity contribution >= 4 is 76.5 Å². The van der Waals surface area contributed by atoms with Crippen molar-refractivity contribution in [1.82, 2.24) is 0 Å². The van der Waals surface area contributed by atoms with E-state index in [-0.39, 0.29) is 90.8 Å². The molecule has 0 spiro atoms. The third kappa shape index (κ3) is 9.54. The largest absolute Gasteiger partial charge is 0.481 e. The Labute approximate surface area is 421 Å². The van der Waals surface area contributed by atoms with Crippen LogP contribution in [0.2, 0.25) is 48.9 Å². The molecule has 2 aliphatic heterocycles. The summed E-state index contributed by atoms with van der Waals surface area (Å²) >= 11 is 0. The molecule has 392 valence electrons. The number of esters is 6. The standard InChI is InChI=1S/C52H84O14Si4/c1-26(2)65-50(60)52(6,43-27(3)29-13-14-30(43)15-29)20-51(5,49(59)63-21-64-70(12)24-68(10)22-67(9)23-69(11)25-70)19-36-42(48(58)66-46(36)56)39-33-16-31(17-34(33)45(55)61-7)38(39)37-28(4)32-18-35(37)41(47(57)62-8)40(32)44(53)54/h26-43,67-69H,13-25H2,1-12H3,(H,53,54). The second-order valence-corrected chi connectivity index (χ2v) is 42.7. The average molecular weight is 1050 g/mol. The highest BCUT2D eigenvalue weighted by molar-refractivity contribution is 6.98. The van der Waals surface area contributed by atoms with Crippen molar-refractivity contribution in [1.29, 1.82) is 0 Å². The summed E-state index contributed by atoms with van der Waals surface area (Å²) in [5.41, 5.74) is 2.47. The molecule has 6 aliphatic carbocycles. The van der Waals surface area contributed by atoms with E-state index in [2.05, 4.69) is 33.1 Å². The van der Waals surface area contributed by atoms with E-state index in [1.54, 1.807) is 6.92 Å². The summed E-state index contributed by atoms with van der Waals surface area (Å²) in [5, 5.41) is 10.5. The first-order valence-corrected chi connectivity index (χ1v) is 38.2. The van der Waals surface area contributed by atoms with Gasteiger partial charge in [-0.05, 0) is 168 Å². The number of hydrogen-bond acceptors (Lipinski definition) is 13. The number of carboxylic acids is 1. The maximum atomic E-state index is 15.4. The number of aliphatic carboxylic acids is 1. The number of carbonyl (C=O) groups is 7. The van der Waals surface area contributed by atoms with Gasteiger partial charge >= 0.3 is 41.8 Å². The zero-order valence-electron chi connectivity index (χ0n) is 44.1. The molecule has 6 saturated carbocycles. The second-order valence-electron chi connectivity index (χ2n) is 25.8. The number of carbonyl (C=O) groups excluding carboxylic acids is 6. The van der Waals surface area contributed by atoms with Gasteiger partial charge in [-0.2, -0.15) is 0 Å². The lowest BCUT2D eigenvalue weighted by atomic mass is 9.54. The minimum Gasteiger partial charge on any atom is -0.481 e. The van der Waals surface area contributed by atoms with Crippen LogP contribution in [-0.2, 0) is 61.7 Å². The Hall–Kier alpha value is -2.68. The van der Waals surface area contributed by atoms with Gasteiger partial charge in [0.05, 0.1) is 60.7 Å². The number of carboxylic acid groups (broad SMARTS) is 1. The molecule has 1 N–H and O–H groups in total. The summed E-state index contributed by atoms with van der Waals surface area (Å²) in [6, 6.07) is 0. The van der Waals surface area contributed by atoms with Crippen molar-refractivity contribution in [2.24, 2.45) is 111 Å². The topological polar surface area (TPSA) is 195 Å². The zero-order valence-corrected chi connectivity index (χ0v) is 48.5. The number of cyclic esters (lactones) is 2. The average Bonchev–Trinajstić information content (AvgIpc) is 4.15. The van der Waals surface area contributed by atoms with Crippen LogP contribution in [0.25, 0.3) is 0 Å². The van der Waals surface area contributed by atoms with Crippen LogP contribution < -0.4 is 0 Å². The highest BCUT2D eigenvalue weighted by Crippen LogP contribution is 2.70. The Balaban J connectivity index is 1.17. The maximum absolute atomic E-state index is 15.4. The third-order valence-corrected chi connectivity index (χ3v) is 46.8. The molecule has 8 fully saturated rings. The molecule has 0 aromatic heterocycles. The fourth-order valence-corrected chi connectivity index (χ4v) is 52.0. The predicted molar refractivity (Wildman–Crippen MR) is 270 cm³/mol. The van der Waals surface area contributed by atoms with Crippen LogP contribution in [0.3, 0.4) is 0 Å². The van der Waals surface area contributed by atoms with Crippen LogP contribution in [-0.4, -0.2) is 109 Å². The van der Waals surface area contributed by atoms with Crippen LogP contribution in [0.15, 0.2) is 0 Å². The highest BCUT2D eigenvalue weighted by atomic mass is 28.4. The van der Waals surface area contributed by atoms with Crippen LogP contribution in [0.1, 0.15) is 92.9 Å². The van der Waals surface area contributed by atoms with Gasteiger partial charge in [0.25, 0.3) is 0 Å². The Kier molecular flexibility index (Phi) is 15.5. The van der Waals surface area contributed by atoms with Gasteiger partial charge in [-0.3, -0.25) is 33.6 Å². The number of hydrogen-bond donors (Lipinski definition) is 1. The van der Waals surface area contributed by atoms with Crippen LogP contribution >= 0.6 is 0 Å². The van der Waals surface area contributed by atoms with E-state index < -0.39 is 117 Å². The summed E-state index contributed by atoms with van der Waals surface area (Å²) in [5.74, 6) is -10.3. The Morgan fingerprint density at radius 1 is 0.757 bits per heavy atom. The van der Waals surface area contributed by atoms with Gasteiger partial charge in [-0.25, -0.2) is 0 Å². The summed E-state index contributed by atoms with van der Waals surface area (Å²) < 4.78 is 35.6. The van der Waals surface area contributed by atoms with Crippen molar-refractivity contribution < 1.29 is 66.8 Å². The van der Waals surface area contributed by atoms with E-state index >= 15 is 4.79 Å². The molecule has 0 radical (unpaired) electrons. The molecular formula is C52H84O14Si4. The fraction of sp³-hybridized carbons (Fsp3) is 0.865. The summed E-state index contributed by atoms with van der Waals surface area (Å²) in [6.45, 7) is 21.2. The molecule has 18 heteroatoms. The molecule has 2 heterocycles. The molecule has 8 aliphatic rings. The van der Waals surface area contributed by atoms with Gasteiger partial charge in [0.15, 0.2) is 15.1 Å². The normalized spacial score (nSPS) is 44.6. The van der Waals surface area contributed by atoms with Crippen molar-refractivity contribution in [3.8, 4) is 0 Å². The lowest BCUT2D eigenvalue weighted by molar-refractivity contribution is -0.177. The van der Waals surface area contributed by atoms with Crippen LogP contribution in [0.4, 0.5) is 0 Å². The van der Waals surface area contributed by atoms with Gasteiger partial charge in [-0.15, -0.1) is 0 Å². The Morgan fingerprint density at radius 2 is 1.40 bits per heavy atom. The summed E-state index contributed by atoms with van der Waals surface area (Å²) in [7, 11) is -2.29. The van der Waals surface area contributed by atoms with Crippen molar-refractivity contribution in [3.63, 3.8) is 0 Å². The Bertz CT molecular complexity index is 2050. The van der Waals surface area contributed by atoms with E-state index in [0.717, 1.165) is 30.6 Å². The van der Waals surface area contributed by atoms with Crippen molar-refractivity contribution in [3.05, 3.63) is 0 Å². The lowest BCUT2D eigenvalue weighted by Crippen LogP contribution is -2.51. The Morgan fingerprint density at radius 3 is 1.99 bits per heavy atom. The van der Waals surface area contributed by atoms with Gasteiger partial charge in [-0.1, -0.05) is 44.8 Å². The van der Waals surface area contributed by atoms with E-state index in [1.807, 2.05) is 27.7 Å². The molecule has 6 bridgehead atoms. The molecule has 21 unspecified atom stereocenters. The monoisotopic (exact) mass is 1040 g/mol. The quantitative estimate of drug-likeness (QED) is 0.0545. The molecule has 0 aromatic rings. The van der Waals surface area contributed by atoms with E-state index in [1.165, 1.54) is 25.6 Å². The predicted octanol–water partition coefficient (Wildman–Crippen LogP) is 7.02. The van der Waals surface area contributed by atoms with E-state index in [9.17, 15) is 33.9 Å². The first-order chi connectivity index (χ1) is 32.9. The smallest absolute Gasteiger partial charge is 0.317 e. The van der Waals surface area contributed by atoms with Crippen molar-refractivity contribution in [2.75, 3.05) is 21.0 Å². The minimum atomic E-state index is -2.22. The van der Waals surface area contributed by atoms with Crippen molar-refractivity contribution in [2.45, 2.75) is 148 Å². The molecule has 0 amide bonds. The van der Waals surface area contributed by atoms with E-state index in [0.29, 0.717) is 25.2 Å². The second kappa shape index (κ2) is 20.2. The first kappa shape index (κ1) is 53.6. The zero-order chi connectivity index (χ0) is 51.1. The van der Waals surface area contributed by atoms with Gasteiger partial charge < -0.3 is 33.2 Å². The first-order valence-electron chi connectivity index (χ1n) is 27.0. The number of fused-ring (bicyclic) bond motifs is 6. The van der Waals surface area contributed by atoms with Gasteiger partial charge in [0.1, 0.15) is 0 Å². The molecule has 21 atom stereocenters. The number of methoxy groups -OCH3 is 2. The van der Waals surface area contributed by atoms with Crippen LogP contribution in [0.5, 0.6) is 0 Å². The fourth-order valence-electron chi connectivity index (χ4n) is 18.9. The maximum Gasteiger partial charge on any atom is 0.317 e. The minimum absolute atomic E-state index is 0.0180. The SMILES string of the molecule is COC(=O)C1CC2CC1C(C1C(=O)OC(=O)C1CC(C)(CC(C)(C(=O)OC(C)C)C1C3CCC(C3)C1C)C(=O)OCO[Si]1(C)C[SiH](C)C[SiH](C)C[SiH](C)C1)C2C1C(C)C2CC1C(C(=O)OC)C2C(=O)O. The summed E-state index contributed by atoms with van der Waals surface area (Å²) in [6.07, 6.45) is 4.16. The molecule has 14 nitrogen and oxygen atoms in total. The molecular weight excluding hydrogens is 961 g/mol. The highest BCUT2D eigenvalue weighted by Gasteiger charge is 2.71. The van der Waals surface area contributed by atoms with E-state index in [4.69, 9.17) is 28.1 Å². The number of ether oxygens (including phenoxy) is 5. The van der Waals surface area contributed by atoms with Crippen LogP contribution in [0, 0.1) is 111 Å². The molecule has 8 rings (SSSR count). The number of rotatable bonds is 16. The van der Waals surface area contributed by atoms with Gasteiger partial charge in [0.2, 0.25) is 0 Å².